The SMILES string of the molecule is N#Cc1c(-n2c3ccccc3c3ccccc32)c(-n2c3ccccc3c3c4c5ccccc5n(-c5ccccc5)c4ccc32)c(C#N)c(-n2c3ccccc3c3ccccc32)c1-n1c2ccccc2c2c3c4ccccc4n(-c4ccccc4)c3ccc21. The van der Waals surface area contributed by atoms with Gasteiger partial charge in [-0.1, -0.05) is 182 Å². The van der Waals surface area contributed by atoms with Gasteiger partial charge in [0, 0.05) is 76.0 Å². The van der Waals surface area contributed by atoms with Crippen molar-refractivity contribution in [2.24, 2.45) is 0 Å². The van der Waals surface area contributed by atoms with Gasteiger partial charge in [0.1, 0.15) is 23.3 Å². The lowest BCUT2D eigenvalue weighted by Gasteiger charge is -2.27. The molecule has 0 aliphatic heterocycles. The summed E-state index contributed by atoms with van der Waals surface area (Å²) < 4.78 is 13.9. The molecule has 0 aliphatic rings. The van der Waals surface area contributed by atoms with Crippen molar-refractivity contribution in [3.8, 4) is 46.3 Å². The van der Waals surface area contributed by atoms with E-state index in [2.05, 4.69) is 319 Å². The summed E-state index contributed by atoms with van der Waals surface area (Å²) in [6.07, 6.45) is 0. The third-order valence-electron chi connectivity index (χ3n) is 18.6. The van der Waals surface area contributed by atoms with Crippen LogP contribution in [0.4, 0.5) is 0 Å². The van der Waals surface area contributed by atoms with E-state index < -0.39 is 0 Å². The average molecular weight is 1120 g/mol. The van der Waals surface area contributed by atoms with E-state index in [1.807, 2.05) is 0 Å². The Balaban J connectivity index is 1.08. The molecular formula is C80H46N8. The minimum absolute atomic E-state index is 0.402. The first-order chi connectivity index (χ1) is 43.7. The van der Waals surface area contributed by atoms with E-state index in [0.29, 0.717) is 33.9 Å². The van der Waals surface area contributed by atoms with Crippen LogP contribution in [0, 0.1) is 22.7 Å². The van der Waals surface area contributed by atoms with E-state index in [4.69, 9.17) is 0 Å². The van der Waals surface area contributed by atoms with Crippen LogP contribution in [0.2, 0.25) is 0 Å². The number of hydrogen-bond acceptors (Lipinski definition) is 2. The van der Waals surface area contributed by atoms with Gasteiger partial charge >= 0.3 is 0 Å². The summed E-state index contributed by atoms with van der Waals surface area (Å²) in [4.78, 5) is 0. The molecule has 0 unspecified atom stereocenters. The number of hydrogen-bond donors (Lipinski definition) is 0. The van der Waals surface area contributed by atoms with Gasteiger partial charge in [-0.2, -0.15) is 10.5 Å². The van der Waals surface area contributed by atoms with E-state index in [0.717, 1.165) is 142 Å². The second-order valence-electron chi connectivity index (χ2n) is 22.9. The summed E-state index contributed by atoms with van der Waals surface area (Å²) >= 11 is 0. The zero-order valence-electron chi connectivity index (χ0n) is 47.1. The Morgan fingerprint density at radius 2 is 0.375 bits per heavy atom. The highest BCUT2D eigenvalue weighted by Crippen LogP contribution is 2.51. The fraction of sp³-hybridized carbons (Fsp3) is 0. The van der Waals surface area contributed by atoms with Crippen LogP contribution >= 0.6 is 0 Å². The molecule has 406 valence electrons. The van der Waals surface area contributed by atoms with Gasteiger partial charge in [0.15, 0.2) is 0 Å². The summed E-state index contributed by atoms with van der Waals surface area (Å²) in [5, 5.41) is 38.9. The van der Waals surface area contributed by atoms with Crippen LogP contribution in [-0.2, 0) is 0 Å². The smallest absolute Gasteiger partial charge is 0.104 e. The van der Waals surface area contributed by atoms with Crippen molar-refractivity contribution in [3.63, 3.8) is 0 Å². The number of fused-ring (bicyclic) bond motifs is 20. The fourth-order valence-corrected chi connectivity index (χ4v) is 15.3. The second-order valence-corrected chi connectivity index (χ2v) is 22.9. The maximum Gasteiger partial charge on any atom is 0.104 e. The first-order valence-electron chi connectivity index (χ1n) is 29.7. The molecule has 8 heteroatoms. The second kappa shape index (κ2) is 18.1. The first-order valence-corrected chi connectivity index (χ1v) is 29.7. The predicted molar refractivity (Wildman–Crippen MR) is 362 cm³/mol. The van der Waals surface area contributed by atoms with Gasteiger partial charge < -0.3 is 27.4 Å². The number of aromatic nitrogens is 6. The third-order valence-corrected chi connectivity index (χ3v) is 18.6. The van der Waals surface area contributed by atoms with Gasteiger partial charge in [0.05, 0.1) is 88.9 Å². The number of benzene rings is 13. The lowest BCUT2D eigenvalue weighted by Crippen LogP contribution is -2.16. The van der Waals surface area contributed by atoms with Gasteiger partial charge in [-0.25, -0.2) is 0 Å². The normalized spacial score (nSPS) is 12.1. The highest BCUT2D eigenvalue weighted by Gasteiger charge is 2.35. The van der Waals surface area contributed by atoms with Crippen LogP contribution in [0.5, 0.6) is 0 Å². The Morgan fingerprint density at radius 1 is 0.182 bits per heavy atom. The highest BCUT2D eigenvalue weighted by atomic mass is 15.1. The van der Waals surface area contributed by atoms with Crippen molar-refractivity contribution < 1.29 is 0 Å². The Hall–Kier alpha value is -12.4. The Labute approximate surface area is 502 Å². The molecule has 0 spiro atoms. The van der Waals surface area contributed by atoms with E-state index in [-0.39, 0.29) is 0 Å². The maximum atomic E-state index is 13.1. The summed E-state index contributed by atoms with van der Waals surface area (Å²) in [7, 11) is 0. The van der Waals surface area contributed by atoms with Crippen LogP contribution in [0.25, 0.3) is 165 Å². The molecule has 6 aromatic heterocycles. The quantitative estimate of drug-likeness (QED) is 0.166. The molecule has 88 heavy (non-hydrogen) atoms. The summed E-state index contributed by atoms with van der Waals surface area (Å²) in [6.45, 7) is 0. The van der Waals surface area contributed by atoms with Crippen molar-refractivity contribution >= 4 is 131 Å². The van der Waals surface area contributed by atoms with E-state index >= 15 is 0 Å². The molecule has 0 bridgehead atoms. The molecule has 19 rings (SSSR count). The Morgan fingerprint density at radius 3 is 0.636 bits per heavy atom. The van der Waals surface area contributed by atoms with Gasteiger partial charge in [0.2, 0.25) is 0 Å². The molecule has 0 radical (unpaired) electrons. The molecule has 8 nitrogen and oxygen atoms in total. The minimum atomic E-state index is 0.402. The molecule has 6 heterocycles. The van der Waals surface area contributed by atoms with E-state index in [9.17, 15) is 10.5 Å². The molecule has 0 atom stereocenters. The van der Waals surface area contributed by atoms with Crippen LogP contribution in [-0.4, -0.2) is 27.4 Å². The first kappa shape index (κ1) is 48.1. The summed E-state index contributed by atoms with van der Waals surface area (Å²) in [5.41, 5.74) is 16.9. The largest absolute Gasteiger partial charge is 0.309 e. The van der Waals surface area contributed by atoms with Crippen LogP contribution in [0.3, 0.4) is 0 Å². The predicted octanol–water partition coefficient (Wildman–Crippen LogP) is 20.0. The number of nitriles is 2. The molecule has 0 aliphatic carbocycles. The van der Waals surface area contributed by atoms with Gasteiger partial charge in [-0.05, 0) is 97.1 Å². The lowest BCUT2D eigenvalue weighted by atomic mass is 9.98. The van der Waals surface area contributed by atoms with Crippen LogP contribution < -0.4 is 0 Å². The molecule has 0 saturated carbocycles. The van der Waals surface area contributed by atoms with Gasteiger partial charge in [-0.15, -0.1) is 0 Å². The molecule has 0 N–H and O–H groups in total. The number of rotatable bonds is 6. The fourth-order valence-electron chi connectivity index (χ4n) is 15.3. The number of nitrogens with zero attached hydrogens (tertiary/aromatic N) is 8. The Bertz CT molecular complexity index is 5830. The lowest BCUT2D eigenvalue weighted by molar-refractivity contribution is 1.02. The van der Waals surface area contributed by atoms with Crippen molar-refractivity contribution in [2.75, 3.05) is 0 Å². The molecule has 0 saturated heterocycles. The zero-order valence-corrected chi connectivity index (χ0v) is 47.1. The van der Waals surface area contributed by atoms with Crippen molar-refractivity contribution in [3.05, 3.63) is 290 Å². The number of para-hydroxylation sites is 10. The van der Waals surface area contributed by atoms with Gasteiger partial charge in [0.25, 0.3) is 0 Å². The van der Waals surface area contributed by atoms with Crippen molar-refractivity contribution in [1.82, 2.24) is 27.4 Å². The average Bonchev–Trinajstić information content (AvgIpc) is 1.49. The van der Waals surface area contributed by atoms with Gasteiger partial charge in [-0.3, -0.25) is 0 Å². The highest BCUT2D eigenvalue weighted by molar-refractivity contribution is 6.31. The molecule has 0 fully saturated rings. The van der Waals surface area contributed by atoms with Crippen molar-refractivity contribution in [1.29, 1.82) is 10.5 Å². The monoisotopic (exact) mass is 1120 g/mol. The Kier molecular flexibility index (Phi) is 9.87. The molecule has 0 amide bonds. The minimum Gasteiger partial charge on any atom is -0.309 e. The van der Waals surface area contributed by atoms with E-state index in [1.165, 1.54) is 0 Å². The summed E-state index contributed by atoms with van der Waals surface area (Å²) in [5.74, 6) is 0. The topological polar surface area (TPSA) is 77.2 Å². The van der Waals surface area contributed by atoms with E-state index in [1.54, 1.807) is 0 Å². The van der Waals surface area contributed by atoms with Crippen LogP contribution in [0.15, 0.2) is 279 Å². The molecule has 13 aromatic carbocycles. The molecular weight excluding hydrogens is 1070 g/mol. The maximum absolute atomic E-state index is 13.1. The third kappa shape index (κ3) is 6.24. The summed E-state index contributed by atoms with van der Waals surface area (Å²) in [6, 6.07) is 105. The molecule has 19 aromatic rings. The zero-order chi connectivity index (χ0) is 57.9. The van der Waals surface area contributed by atoms with Crippen molar-refractivity contribution in [2.45, 2.75) is 0 Å². The van der Waals surface area contributed by atoms with Crippen LogP contribution in [0.1, 0.15) is 11.1 Å². The standard InChI is InChI=1S/C80H46N8/c81-47-59-78(86-63-37-17-9-29-53(63)54-30-10-18-38-64(54)86)80(88-68-42-22-14-34-58(68)76-72(88)46-44-70-74(76)56-32-12-20-40-66(56)84(70)50-25-5-2-6-26-50)60(48-82)77(85-61-35-15-7-27-51(61)52-28-8-16-36-62(52)85)79(59)87-67-41-21-13-33-57(67)75-71(87)45-43-69-73(75)55-31-11-19-39-65(55)83(69)49-23-3-1-4-24-49/h1-46H.